The monoisotopic (exact) mass is 155 g/mol. The topological polar surface area (TPSA) is 86.1 Å². The van der Waals surface area contributed by atoms with Crippen molar-refractivity contribution in [2.45, 2.75) is 19.3 Å². The van der Waals surface area contributed by atoms with E-state index < -0.39 is 11.4 Å². The van der Waals surface area contributed by atoms with Crippen LogP contribution in [0.15, 0.2) is 5.11 Å². The first-order valence-electron chi connectivity index (χ1n) is 3.45. The molecule has 1 rings (SSSR count). The molecular weight excluding hydrogens is 146 g/mol. The van der Waals surface area contributed by atoms with E-state index in [1.165, 1.54) is 0 Å². The molecule has 0 heterocycles. The van der Waals surface area contributed by atoms with Crippen LogP contribution in [0, 0.1) is 5.41 Å². The molecule has 0 aromatic heterocycles. The lowest BCUT2D eigenvalue weighted by molar-refractivity contribution is -0.143. The number of hydrogen-bond donors (Lipinski definition) is 1. The Morgan fingerprint density at radius 2 is 2.36 bits per heavy atom. The van der Waals surface area contributed by atoms with Crippen molar-refractivity contribution in [3.63, 3.8) is 0 Å². The summed E-state index contributed by atoms with van der Waals surface area (Å²) in [6, 6.07) is 0. The summed E-state index contributed by atoms with van der Waals surface area (Å²) in [6.07, 6.45) is 1.93. The van der Waals surface area contributed by atoms with Crippen molar-refractivity contribution < 1.29 is 9.90 Å². The highest BCUT2D eigenvalue weighted by atomic mass is 16.4. The third kappa shape index (κ3) is 1.62. The van der Waals surface area contributed by atoms with Gasteiger partial charge >= 0.3 is 5.97 Å². The van der Waals surface area contributed by atoms with Crippen LogP contribution in [0.3, 0.4) is 0 Å². The molecule has 60 valence electrons. The fourth-order valence-corrected chi connectivity index (χ4v) is 1.03. The Bertz CT molecular complexity index is 216. The van der Waals surface area contributed by atoms with Crippen LogP contribution in [0.5, 0.6) is 0 Å². The molecule has 1 aliphatic carbocycles. The Labute approximate surface area is 63.6 Å². The number of rotatable bonds is 4. The number of carbonyl (C=O) groups is 1. The van der Waals surface area contributed by atoms with E-state index in [-0.39, 0.29) is 0 Å². The van der Waals surface area contributed by atoms with Crippen molar-refractivity contribution in [3.05, 3.63) is 10.4 Å². The Morgan fingerprint density at radius 3 is 2.73 bits per heavy atom. The molecule has 1 saturated carbocycles. The van der Waals surface area contributed by atoms with E-state index in [1.807, 2.05) is 0 Å². The zero-order chi connectivity index (χ0) is 8.32. The van der Waals surface area contributed by atoms with Gasteiger partial charge in [0.1, 0.15) is 0 Å². The van der Waals surface area contributed by atoms with Crippen molar-refractivity contribution in [1.82, 2.24) is 0 Å². The molecule has 1 fully saturated rings. The van der Waals surface area contributed by atoms with Gasteiger partial charge in [0.2, 0.25) is 0 Å². The Hall–Kier alpha value is -1.22. The number of aliphatic carboxylic acids is 1. The van der Waals surface area contributed by atoms with Gasteiger partial charge in [-0.3, -0.25) is 4.79 Å². The predicted molar refractivity (Wildman–Crippen MR) is 37.9 cm³/mol. The molecule has 0 atom stereocenters. The van der Waals surface area contributed by atoms with Crippen molar-refractivity contribution in [2.24, 2.45) is 10.5 Å². The second-order valence-corrected chi connectivity index (χ2v) is 2.79. The van der Waals surface area contributed by atoms with Crippen molar-refractivity contribution in [2.75, 3.05) is 6.54 Å². The third-order valence-corrected chi connectivity index (χ3v) is 2.06. The van der Waals surface area contributed by atoms with E-state index in [0.717, 1.165) is 12.8 Å². The van der Waals surface area contributed by atoms with E-state index in [1.54, 1.807) is 0 Å². The number of hydrogen-bond acceptors (Lipinski definition) is 2. The van der Waals surface area contributed by atoms with Crippen LogP contribution in [0.25, 0.3) is 10.4 Å². The Balaban J connectivity index is 2.36. The molecular formula is C6H9N3O2. The summed E-state index contributed by atoms with van der Waals surface area (Å²) in [4.78, 5) is 13.1. The largest absolute Gasteiger partial charge is 0.481 e. The fourth-order valence-electron chi connectivity index (χ4n) is 1.03. The van der Waals surface area contributed by atoms with Gasteiger partial charge in [0, 0.05) is 11.5 Å². The molecule has 0 unspecified atom stereocenters. The first-order chi connectivity index (χ1) is 5.21. The number of carboxylic acid groups (broad SMARTS) is 1. The smallest absolute Gasteiger partial charge is 0.309 e. The van der Waals surface area contributed by atoms with Gasteiger partial charge in [0.25, 0.3) is 0 Å². The van der Waals surface area contributed by atoms with E-state index in [2.05, 4.69) is 10.0 Å². The van der Waals surface area contributed by atoms with Crippen LogP contribution in [0.2, 0.25) is 0 Å². The lowest BCUT2D eigenvalue weighted by Crippen LogP contribution is -2.15. The summed E-state index contributed by atoms with van der Waals surface area (Å²) < 4.78 is 0. The molecule has 1 N–H and O–H groups in total. The van der Waals surface area contributed by atoms with Gasteiger partial charge in [0.15, 0.2) is 0 Å². The number of carboxylic acids is 1. The summed E-state index contributed by atoms with van der Waals surface area (Å²) >= 11 is 0. The van der Waals surface area contributed by atoms with Gasteiger partial charge in [-0.25, -0.2) is 0 Å². The minimum absolute atomic E-state index is 0.294. The highest BCUT2D eigenvalue weighted by Crippen LogP contribution is 2.48. The van der Waals surface area contributed by atoms with E-state index in [4.69, 9.17) is 10.6 Å². The molecule has 5 nitrogen and oxygen atoms in total. The molecule has 0 amide bonds. The van der Waals surface area contributed by atoms with E-state index >= 15 is 0 Å². The summed E-state index contributed by atoms with van der Waals surface area (Å²) in [5, 5.41) is 12.0. The molecule has 0 aliphatic heterocycles. The quantitative estimate of drug-likeness (QED) is 0.379. The van der Waals surface area contributed by atoms with Crippen LogP contribution in [-0.4, -0.2) is 17.6 Å². The van der Waals surface area contributed by atoms with Crippen LogP contribution < -0.4 is 0 Å². The van der Waals surface area contributed by atoms with Gasteiger partial charge in [-0.15, -0.1) is 0 Å². The van der Waals surface area contributed by atoms with Crippen LogP contribution in [-0.2, 0) is 4.79 Å². The molecule has 5 heteroatoms. The molecule has 0 spiro atoms. The average Bonchev–Trinajstić information content (AvgIpc) is 2.70. The zero-order valence-corrected chi connectivity index (χ0v) is 6.03. The number of azide groups is 1. The lowest BCUT2D eigenvalue weighted by atomic mass is 10.0. The van der Waals surface area contributed by atoms with Crippen LogP contribution >= 0.6 is 0 Å². The van der Waals surface area contributed by atoms with E-state index in [9.17, 15) is 4.79 Å². The summed E-state index contributed by atoms with van der Waals surface area (Å²) in [6.45, 7) is 0.294. The van der Waals surface area contributed by atoms with Gasteiger partial charge in [-0.2, -0.15) is 0 Å². The maximum Gasteiger partial charge on any atom is 0.309 e. The molecule has 1 aliphatic rings. The molecule has 0 bridgehead atoms. The summed E-state index contributed by atoms with van der Waals surface area (Å²) in [5.74, 6) is -0.759. The fraction of sp³-hybridized carbons (Fsp3) is 0.833. The van der Waals surface area contributed by atoms with Gasteiger partial charge < -0.3 is 5.11 Å². The Kier molecular flexibility index (Phi) is 2.01. The predicted octanol–water partition coefficient (Wildman–Crippen LogP) is 1.55. The standard InChI is InChI=1S/C6H9N3O2/c7-9-8-4-3-6(1-2-6)5(10)11/h1-4H2,(H,10,11). The average molecular weight is 155 g/mol. The SMILES string of the molecule is [N-]=[N+]=NCCC1(C(=O)O)CC1. The second-order valence-electron chi connectivity index (χ2n) is 2.79. The zero-order valence-electron chi connectivity index (χ0n) is 6.03. The van der Waals surface area contributed by atoms with E-state index in [0.29, 0.717) is 13.0 Å². The van der Waals surface area contributed by atoms with Gasteiger partial charge in [-0.1, -0.05) is 5.11 Å². The van der Waals surface area contributed by atoms with Crippen molar-refractivity contribution >= 4 is 5.97 Å². The normalized spacial score (nSPS) is 18.5. The van der Waals surface area contributed by atoms with Gasteiger partial charge in [0.05, 0.1) is 5.41 Å². The van der Waals surface area contributed by atoms with Crippen molar-refractivity contribution in [1.29, 1.82) is 0 Å². The minimum Gasteiger partial charge on any atom is -0.481 e. The summed E-state index contributed by atoms with van der Waals surface area (Å²) in [5.41, 5.74) is 7.39. The highest BCUT2D eigenvalue weighted by molar-refractivity contribution is 5.77. The van der Waals surface area contributed by atoms with Crippen LogP contribution in [0.4, 0.5) is 0 Å². The number of nitrogens with zero attached hydrogens (tertiary/aromatic N) is 3. The van der Waals surface area contributed by atoms with Crippen molar-refractivity contribution in [3.8, 4) is 0 Å². The molecule has 0 radical (unpaired) electrons. The Morgan fingerprint density at radius 1 is 1.73 bits per heavy atom. The molecule has 0 saturated heterocycles. The molecule has 0 aromatic rings. The first-order valence-corrected chi connectivity index (χ1v) is 3.45. The second kappa shape index (κ2) is 2.80. The van der Waals surface area contributed by atoms with Crippen LogP contribution in [0.1, 0.15) is 19.3 Å². The third-order valence-electron chi connectivity index (χ3n) is 2.06. The van der Waals surface area contributed by atoms with Gasteiger partial charge in [-0.05, 0) is 24.8 Å². The molecule has 11 heavy (non-hydrogen) atoms. The molecule has 0 aromatic carbocycles. The maximum atomic E-state index is 10.5. The summed E-state index contributed by atoms with van der Waals surface area (Å²) in [7, 11) is 0. The maximum absolute atomic E-state index is 10.5. The lowest BCUT2D eigenvalue weighted by Gasteiger charge is -2.04. The highest BCUT2D eigenvalue weighted by Gasteiger charge is 2.49. The minimum atomic E-state index is -0.759. The first kappa shape index (κ1) is 7.88.